The number of nitrogens with zero attached hydrogens (tertiary/aromatic N) is 2. The minimum atomic E-state index is 0.0365. The Balaban J connectivity index is 1.56. The minimum absolute atomic E-state index is 0.0365. The summed E-state index contributed by atoms with van der Waals surface area (Å²) in [5, 5.41) is 9.76. The number of benzene rings is 1. The van der Waals surface area contributed by atoms with Gasteiger partial charge in [0.2, 0.25) is 5.91 Å². The third kappa shape index (κ3) is 4.99. The SMILES string of the molecule is Cc1cc(C)n(C(CNC(=O)CCSc2ccccc2)c2cccs2)n1. The average molecular weight is 386 g/mol. The predicted molar refractivity (Wildman–Crippen MR) is 109 cm³/mol. The molecule has 0 spiro atoms. The Morgan fingerprint density at radius 3 is 2.69 bits per heavy atom. The van der Waals surface area contributed by atoms with Crippen LogP contribution in [-0.4, -0.2) is 28.0 Å². The number of thiophene rings is 1. The lowest BCUT2D eigenvalue weighted by Crippen LogP contribution is -2.32. The first kappa shape index (κ1) is 18.7. The number of amides is 1. The van der Waals surface area contributed by atoms with Crippen LogP contribution in [0.5, 0.6) is 0 Å². The molecule has 1 amide bonds. The Morgan fingerprint density at radius 2 is 2.04 bits per heavy atom. The fourth-order valence-electron chi connectivity index (χ4n) is 2.83. The van der Waals surface area contributed by atoms with Crippen LogP contribution in [0.3, 0.4) is 0 Å². The van der Waals surface area contributed by atoms with E-state index in [-0.39, 0.29) is 11.9 Å². The van der Waals surface area contributed by atoms with Crippen molar-refractivity contribution >= 4 is 29.0 Å². The summed E-state index contributed by atoms with van der Waals surface area (Å²) in [7, 11) is 0. The van der Waals surface area contributed by atoms with Crippen molar-refractivity contribution in [3.05, 3.63) is 70.2 Å². The molecule has 1 aromatic carbocycles. The largest absolute Gasteiger partial charge is 0.354 e. The van der Waals surface area contributed by atoms with Gasteiger partial charge in [0.05, 0.1) is 5.69 Å². The number of carbonyl (C=O) groups is 1. The van der Waals surface area contributed by atoms with Crippen LogP contribution in [0, 0.1) is 13.8 Å². The molecule has 2 aromatic heterocycles. The van der Waals surface area contributed by atoms with E-state index in [1.807, 2.05) is 35.9 Å². The Bertz CT molecular complexity index is 828. The third-order valence-electron chi connectivity index (χ3n) is 4.05. The maximum atomic E-state index is 12.3. The zero-order chi connectivity index (χ0) is 18.4. The van der Waals surface area contributed by atoms with Crippen LogP contribution in [-0.2, 0) is 4.79 Å². The van der Waals surface area contributed by atoms with Crippen molar-refractivity contribution in [1.29, 1.82) is 0 Å². The molecule has 1 atom stereocenters. The monoisotopic (exact) mass is 385 g/mol. The summed E-state index contributed by atoms with van der Waals surface area (Å²) < 4.78 is 2.01. The van der Waals surface area contributed by atoms with Gasteiger partial charge in [-0.2, -0.15) is 5.10 Å². The van der Waals surface area contributed by atoms with Gasteiger partial charge in [-0.25, -0.2) is 0 Å². The molecule has 0 aliphatic rings. The van der Waals surface area contributed by atoms with Gasteiger partial charge in [-0.15, -0.1) is 23.1 Å². The van der Waals surface area contributed by atoms with E-state index in [0.29, 0.717) is 13.0 Å². The van der Waals surface area contributed by atoms with E-state index in [0.717, 1.165) is 17.1 Å². The molecule has 0 radical (unpaired) electrons. The summed E-state index contributed by atoms with van der Waals surface area (Å²) in [5.74, 6) is 0.857. The summed E-state index contributed by atoms with van der Waals surface area (Å²) in [4.78, 5) is 14.7. The van der Waals surface area contributed by atoms with Gasteiger partial charge < -0.3 is 5.32 Å². The molecule has 6 heteroatoms. The highest BCUT2D eigenvalue weighted by atomic mass is 32.2. The fourth-order valence-corrected chi connectivity index (χ4v) is 4.51. The van der Waals surface area contributed by atoms with Gasteiger partial charge in [-0.05, 0) is 43.5 Å². The van der Waals surface area contributed by atoms with Gasteiger partial charge in [-0.1, -0.05) is 24.3 Å². The molecule has 26 heavy (non-hydrogen) atoms. The standard InChI is InChI=1S/C20H23N3OS2/c1-15-13-16(2)23(22-15)18(19-9-6-11-26-19)14-21-20(24)10-12-25-17-7-4-3-5-8-17/h3-9,11,13,18H,10,12,14H2,1-2H3,(H,21,24). The van der Waals surface area contributed by atoms with Crippen molar-refractivity contribution in [2.75, 3.05) is 12.3 Å². The van der Waals surface area contributed by atoms with Crippen molar-refractivity contribution in [2.24, 2.45) is 0 Å². The molecule has 0 fully saturated rings. The van der Waals surface area contributed by atoms with Gasteiger partial charge >= 0.3 is 0 Å². The Kier molecular flexibility index (Phi) is 6.52. The predicted octanol–water partition coefficient (Wildman–Crippen LogP) is 4.45. The number of aryl methyl sites for hydroxylation is 2. The summed E-state index contributed by atoms with van der Waals surface area (Å²) >= 11 is 3.40. The molecule has 1 unspecified atom stereocenters. The maximum Gasteiger partial charge on any atom is 0.220 e. The van der Waals surface area contributed by atoms with Gasteiger partial charge in [0.25, 0.3) is 0 Å². The smallest absolute Gasteiger partial charge is 0.220 e. The molecule has 4 nitrogen and oxygen atoms in total. The number of hydrogen-bond donors (Lipinski definition) is 1. The van der Waals surface area contributed by atoms with Gasteiger partial charge in [0.15, 0.2) is 0 Å². The molecule has 3 aromatic rings. The molecule has 0 saturated carbocycles. The lowest BCUT2D eigenvalue weighted by molar-refractivity contribution is -0.120. The molecule has 0 aliphatic heterocycles. The number of rotatable bonds is 8. The van der Waals surface area contributed by atoms with E-state index in [9.17, 15) is 4.79 Å². The van der Waals surface area contributed by atoms with E-state index in [1.54, 1.807) is 23.1 Å². The molecule has 3 rings (SSSR count). The van der Waals surface area contributed by atoms with Crippen LogP contribution in [0.15, 0.2) is 58.8 Å². The van der Waals surface area contributed by atoms with Crippen LogP contribution in [0.4, 0.5) is 0 Å². The van der Waals surface area contributed by atoms with Crippen molar-refractivity contribution in [3.8, 4) is 0 Å². The van der Waals surface area contributed by atoms with Crippen LogP contribution in [0.1, 0.15) is 28.7 Å². The third-order valence-corrected chi connectivity index (χ3v) is 6.03. The minimum Gasteiger partial charge on any atom is -0.354 e. The highest BCUT2D eigenvalue weighted by Crippen LogP contribution is 2.24. The van der Waals surface area contributed by atoms with Gasteiger partial charge in [-0.3, -0.25) is 9.48 Å². The second-order valence-electron chi connectivity index (χ2n) is 6.12. The topological polar surface area (TPSA) is 46.9 Å². The van der Waals surface area contributed by atoms with Crippen LogP contribution >= 0.6 is 23.1 Å². The van der Waals surface area contributed by atoms with E-state index in [2.05, 4.69) is 47.0 Å². The number of thioether (sulfide) groups is 1. The zero-order valence-electron chi connectivity index (χ0n) is 15.0. The van der Waals surface area contributed by atoms with Gasteiger partial charge in [0.1, 0.15) is 6.04 Å². The molecule has 0 aliphatic carbocycles. The highest BCUT2D eigenvalue weighted by Gasteiger charge is 2.19. The van der Waals surface area contributed by atoms with Crippen LogP contribution in [0.25, 0.3) is 0 Å². The first-order chi connectivity index (χ1) is 12.6. The van der Waals surface area contributed by atoms with Crippen molar-refractivity contribution < 1.29 is 4.79 Å². The summed E-state index contributed by atoms with van der Waals surface area (Å²) in [6, 6.07) is 16.4. The number of carbonyl (C=O) groups excluding carboxylic acids is 1. The quantitative estimate of drug-likeness (QED) is 0.583. The second-order valence-corrected chi connectivity index (χ2v) is 8.27. The molecule has 136 valence electrons. The molecule has 0 saturated heterocycles. The van der Waals surface area contributed by atoms with Gasteiger partial charge in [0, 0.05) is 34.2 Å². The Hall–Kier alpha value is -2.05. The lowest BCUT2D eigenvalue weighted by Gasteiger charge is -2.19. The first-order valence-corrected chi connectivity index (χ1v) is 10.5. The van der Waals surface area contributed by atoms with E-state index >= 15 is 0 Å². The first-order valence-electron chi connectivity index (χ1n) is 8.64. The van der Waals surface area contributed by atoms with Crippen molar-refractivity contribution in [3.63, 3.8) is 0 Å². The second kappa shape index (κ2) is 9.05. The zero-order valence-corrected chi connectivity index (χ0v) is 16.6. The van der Waals surface area contributed by atoms with E-state index in [1.165, 1.54) is 9.77 Å². The summed E-state index contributed by atoms with van der Waals surface area (Å²) in [5.41, 5.74) is 2.10. The lowest BCUT2D eigenvalue weighted by atomic mass is 10.2. The summed E-state index contributed by atoms with van der Waals surface area (Å²) in [6.45, 7) is 4.60. The van der Waals surface area contributed by atoms with E-state index in [4.69, 9.17) is 0 Å². The number of aromatic nitrogens is 2. The average Bonchev–Trinajstić information content (AvgIpc) is 3.26. The fraction of sp³-hybridized carbons (Fsp3) is 0.300. The van der Waals surface area contributed by atoms with Crippen LogP contribution in [0.2, 0.25) is 0 Å². The van der Waals surface area contributed by atoms with Crippen LogP contribution < -0.4 is 5.32 Å². The number of hydrogen-bond acceptors (Lipinski definition) is 4. The summed E-state index contributed by atoms with van der Waals surface area (Å²) in [6.07, 6.45) is 0.508. The van der Waals surface area contributed by atoms with E-state index < -0.39 is 0 Å². The highest BCUT2D eigenvalue weighted by molar-refractivity contribution is 7.99. The maximum absolute atomic E-state index is 12.3. The molecule has 1 N–H and O–H groups in total. The Labute approximate surface area is 162 Å². The molecule has 0 bridgehead atoms. The Morgan fingerprint density at radius 1 is 1.23 bits per heavy atom. The normalized spacial score (nSPS) is 12.1. The van der Waals surface area contributed by atoms with Crippen molar-refractivity contribution in [2.45, 2.75) is 31.2 Å². The molecular formula is C20H23N3OS2. The molecular weight excluding hydrogens is 362 g/mol. The molecule has 2 heterocycles. The number of nitrogens with one attached hydrogen (secondary N) is 1. The van der Waals surface area contributed by atoms with Crippen molar-refractivity contribution in [1.82, 2.24) is 15.1 Å².